The summed E-state index contributed by atoms with van der Waals surface area (Å²) >= 11 is 3.24. The largest absolute Gasteiger partial charge is 0.372 e. The first-order chi connectivity index (χ1) is 10.2. The van der Waals surface area contributed by atoms with Crippen LogP contribution in [0.3, 0.4) is 0 Å². The molecule has 2 rings (SSSR count). The number of hydrogen-bond donors (Lipinski definition) is 1. The second-order valence-corrected chi connectivity index (χ2v) is 5.55. The predicted octanol–water partition coefficient (Wildman–Crippen LogP) is 4.63. The van der Waals surface area contributed by atoms with Crippen LogP contribution < -0.4 is 5.32 Å². The summed E-state index contributed by atoms with van der Waals surface area (Å²) in [5, 5.41) is 3.18. The van der Waals surface area contributed by atoms with E-state index >= 15 is 0 Å². The zero-order valence-corrected chi connectivity index (χ0v) is 13.7. The molecule has 4 heteroatoms. The molecule has 0 saturated carbocycles. The molecule has 0 aliphatic carbocycles. The maximum atomic E-state index is 14.4. The Morgan fingerprint density at radius 2 is 1.86 bits per heavy atom. The maximum absolute atomic E-state index is 14.4. The van der Waals surface area contributed by atoms with Crippen molar-refractivity contribution in [2.24, 2.45) is 0 Å². The summed E-state index contributed by atoms with van der Waals surface area (Å²) in [6, 6.07) is 14.9. The van der Waals surface area contributed by atoms with Crippen molar-refractivity contribution in [3.8, 4) is 0 Å². The molecule has 1 N–H and O–H groups in total. The van der Waals surface area contributed by atoms with E-state index in [9.17, 15) is 4.39 Å². The summed E-state index contributed by atoms with van der Waals surface area (Å²) in [6.07, 6.45) is -0.245. The molecule has 0 saturated heterocycles. The van der Waals surface area contributed by atoms with Gasteiger partial charge in [0.15, 0.2) is 0 Å². The van der Waals surface area contributed by atoms with Gasteiger partial charge in [0.2, 0.25) is 0 Å². The lowest BCUT2D eigenvalue weighted by molar-refractivity contribution is 0.0338. The van der Waals surface area contributed by atoms with Gasteiger partial charge in [-0.05, 0) is 41.5 Å². The molecule has 0 bridgehead atoms. The normalized spacial score (nSPS) is 13.9. The Hall–Kier alpha value is -1.23. The Labute approximate surface area is 133 Å². The fourth-order valence-corrected chi connectivity index (χ4v) is 2.82. The Kier molecular flexibility index (Phi) is 5.91. The van der Waals surface area contributed by atoms with Crippen molar-refractivity contribution in [3.05, 3.63) is 69.9 Å². The van der Waals surface area contributed by atoms with Crippen molar-refractivity contribution in [2.45, 2.75) is 19.1 Å². The van der Waals surface area contributed by atoms with Gasteiger partial charge in [-0.1, -0.05) is 42.5 Å². The van der Waals surface area contributed by atoms with E-state index < -0.39 is 0 Å². The van der Waals surface area contributed by atoms with Crippen LogP contribution in [-0.4, -0.2) is 13.7 Å². The first-order valence-corrected chi connectivity index (χ1v) is 7.76. The third-order valence-electron chi connectivity index (χ3n) is 3.40. The van der Waals surface area contributed by atoms with Crippen LogP contribution in [0, 0.1) is 5.82 Å². The van der Waals surface area contributed by atoms with Gasteiger partial charge < -0.3 is 10.1 Å². The van der Waals surface area contributed by atoms with Gasteiger partial charge in [-0.15, -0.1) is 0 Å². The molecular formula is C17H19BrFNO. The fourth-order valence-electron chi connectivity index (χ4n) is 2.44. The van der Waals surface area contributed by atoms with E-state index in [4.69, 9.17) is 4.74 Å². The monoisotopic (exact) mass is 351 g/mol. The standard InChI is InChI=1S/C17H19BrFNO/c1-3-21-17(12-8-5-4-6-9-12)16(20-2)13-10-7-11-14(18)15(13)19/h4-11,16-17,20H,3H2,1-2H3. The van der Waals surface area contributed by atoms with Crippen LogP contribution in [-0.2, 0) is 4.74 Å². The number of hydrogen-bond acceptors (Lipinski definition) is 2. The van der Waals surface area contributed by atoms with Crippen molar-refractivity contribution in [1.29, 1.82) is 0 Å². The summed E-state index contributed by atoms with van der Waals surface area (Å²) in [5.74, 6) is -0.252. The van der Waals surface area contributed by atoms with Crippen molar-refractivity contribution in [2.75, 3.05) is 13.7 Å². The first-order valence-electron chi connectivity index (χ1n) is 6.96. The summed E-state index contributed by atoms with van der Waals surface area (Å²) < 4.78 is 20.8. The third kappa shape index (κ3) is 3.70. The molecule has 2 aromatic carbocycles. The SMILES string of the molecule is CCOC(c1ccccc1)C(NC)c1cccc(Br)c1F. The van der Waals surface area contributed by atoms with Gasteiger partial charge in [0.1, 0.15) is 11.9 Å². The maximum Gasteiger partial charge on any atom is 0.142 e. The van der Waals surface area contributed by atoms with Gasteiger partial charge >= 0.3 is 0 Å². The van der Waals surface area contributed by atoms with E-state index in [1.807, 2.05) is 50.4 Å². The van der Waals surface area contributed by atoms with Crippen LogP contribution in [0.4, 0.5) is 4.39 Å². The minimum absolute atomic E-state index is 0.245. The van der Waals surface area contributed by atoms with E-state index in [0.29, 0.717) is 16.6 Å². The molecule has 2 aromatic rings. The number of ether oxygens (including phenoxy) is 1. The molecule has 0 spiro atoms. The smallest absolute Gasteiger partial charge is 0.142 e. The summed E-state index contributed by atoms with van der Waals surface area (Å²) in [6.45, 7) is 2.51. The number of halogens is 2. The molecule has 0 aliphatic heterocycles. The van der Waals surface area contributed by atoms with Crippen LogP contribution in [0.2, 0.25) is 0 Å². The Morgan fingerprint density at radius 1 is 1.14 bits per heavy atom. The predicted molar refractivity (Wildman–Crippen MR) is 86.7 cm³/mol. The number of benzene rings is 2. The molecule has 0 aromatic heterocycles. The van der Waals surface area contributed by atoms with Crippen molar-refractivity contribution < 1.29 is 9.13 Å². The van der Waals surface area contributed by atoms with Crippen LogP contribution in [0.1, 0.15) is 30.2 Å². The Bertz CT molecular complexity index is 576. The van der Waals surface area contributed by atoms with Crippen LogP contribution in [0.5, 0.6) is 0 Å². The molecule has 0 fully saturated rings. The first kappa shape index (κ1) is 16.1. The second-order valence-electron chi connectivity index (χ2n) is 4.70. The number of nitrogens with one attached hydrogen (secondary N) is 1. The van der Waals surface area contributed by atoms with E-state index in [0.717, 1.165) is 5.56 Å². The number of likely N-dealkylation sites (N-methyl/N-ethyl adjacent to an activating group) is 1. The Balaban J connectivity index is 2.43. The summed E-state index contributed by atoms with van der Waals surface area (Å²) in [4.78, 5) is 0. The van der Waals surface area contributed by atoms with Crippen LogP contribution in [0.15, 0.2) is 53.0 Å². The molecule has 2 nitrogen and oxygen atoms in total. The highest BCUT2D eigenvalue weighted by Gasteiger charge is 2.26. The molecule has 2 atom stereocenters. The average molecular weight is 352 g/mol. The van der Waals surface area contributed by atoms with Gasteiger partial charge in [-0.25, -0.2) is 4.39 Å². The highest BCUT2D eigenvalue weighted by molar-refractivity contribution is 9.10. The lowest BCUT2D eigenvalue weighted by Crippen LogP contribution is -2.27. The van der Waals surface area contributed by atoms with Gasteiger partial charge in [0.05, 0.1) is 10.5 Å². The quantitative estimate of drug-likeness (QED) is 0.819. The molecule has 0 amide bonds. The molecular weight excluding hydrogens is 333 g/mol. The lowest BCUT2D eigenvalue weighted by Gasteiger charge is -2.28. The topological polar surface area (TPSA) is 21.3 Å². The molecule has 0 heterocycles. The lowest BCUT2D eigenvalue weighted by atomic mass is 9.95. The second kappa shape index (κ2) is 7.69. The fraction of sp³-hybridized carbons (Fsp3) is 0.294. The van der Waals surface area contributed by atoms with E-state index in [2.05, 4.69) is 21.2 Å². The zero-order valence-electron chi connectivity index (χ0n) is 12.1. The van der Waals surface area contributed by atoms with Crippen LogP contribution >= 0.6 is 15.9 Å². The van der Waals surface area contributed by atoms with Gasteiger partial charge in [0, 0.05) is 12.2 Å². The van der Waals surface area contributed by atoms with E-state index in [-0.39, 0.29) is 18.0 Å². The summed E-state index contributed by atoms with van der Waals surface area (Å²) in [5.41, 5.74) is 1.62. The third-order valence-corrected chi connectivity index (χ3v) is 4.02. The van der Waals surface area contributed by atoms with Gasteiger partial charge in [0.25, 0.3) is 0 Å². The average Bonchev–Trinajstić information content (AvgIpc) is 2.52. The van der Waals surface area contributed by atoms with Crippen molar-refractivity contribution in [3.63, 3.8) is 0 Å². The minimum Gasteiger partial charge on any atom is -0.372 e. The number of rotatable bonds is 6. The molecule has 2 unspecified atom stereocenters. The molecule has 112 valence electrons. The van der Waals surface area contributed by atoms with Gasteiger partial charge in [-0.3, -0.25) is 0 Å². The zero-order chi connectivity index (χ0) is 15.2. The van der Waals surface area contributed by atoms with Crippen LogP contribution in [0.25, 0.3) is 0 Å². The highest BCUT2D eigenvalue weighted by Crippen LogP contribution is 2.34. The minimum atomic E-state index is -0.259. The van der Waals surface area contributed by atoms with E-state index in [1.54, 1.807) is 12.1 Å². The van der Waals surface area contributed by atoms with E-state index in [1.165, 1.54) is 0 Å². The Morgan fingerprint density at radius 3 is 2.48 bits per heavy atom. The van der Waals surface area contributed by atoms with Crippen molar-refractivity contribution in [1.82, 2.24) is 5.32 Å². The molecule has 21 heavy (non-hydrogen) atoms. The van der Waals surface area contributed by atoms with Gasteiger partial charge in [-0.2, -0.15) is 0 Å². The highest BCUT2D eigenvalue weighted by atomic mass is 79.9. The summed E-state index contributed by atoms with van der Waals surface area (Å²) in [7, 11) is 1.82. The van der Waals surface area contributed by atoms with Crippen molar-refractivity contribution >= 4 is 15.9 Å². The molecule has 0 aliphatic rings. The molecule has 0 radical (unpaired) electrons.